The van der Waals surface area contributed by atoms with E-state index in [1.165, 1.54) is 53.4 Å². The lowest BCUT2D eigenvalue weighted by molar-refractivity contribution is 0.111. The predicted octanol–water partition coefficient (Wildman–Crippen LogP) is 6.81. The molecule has 2 rings (SSSR count). The number of rotatable bonds is 10. The van der Waals surface area contributed by atoms with E-state index < -0.39 is 0 Å². The van der Waals surface area contributed by atoms with Crippen LogP contribution in [0.4, 0.5) is 0 Å². The first-order valence-electron chi connectivity index (χ1n) is 10.3. The normalized spacial score (nSPS) is 19.7. The summed E-state index contributed by atoms with van der Waals surface area (Å²) in [6.07, 6.45) is 7.76. The molecule has 1 aromatic carbocycles. The van der Waals surface area contributed by atoms with E-state index >= 15 is 0 Å². The molecule has 1 N–H and O–H groups in total. The van der Waals surface area contributed by atoms with Gasteiger partial charge in [-0.1, -0.05) is 63.4 Å². The van der Waals surface area contributed by atoms with Crippen molar-refractivity contribution in [1.82, 2.24) is 5.32 Å². The first-order chi connectivity index (χ1) is 12.5. The number of ether oxygens (including phenoxy) is 1. The summed E-state index contributed by atoms with van der Waals surface area (Å²) in [6.45, 7) is 10.9. The highest BCUT2D eigenvalue weighted by molar-refractivity contribution is 14.1. The van der Waals surface area contributed by atoms with Crippen molar-refractivity contribution in [3.63, 3.8) is 0 Å². The van der Waals surface area contributed by atoms with Crippen LogP contribution in [0.5, 0.6) is 0 Å². The second-order valence-electron chi connectivity index (χ2n) is 7.95. The maximum Gasteiger partial charge on any atom is 0.125 e. The third kappa shape index (κ3) is 5.72. The average molecular weight is 469 g/mol. The van der Waals surface area contributed by atoms with E-state index in [-0.39, 0.29) is 5.54 Å². The minimum atomic E-state index is -0.0483. The molecule has 0 saturated heterocycles. The highest BCUT2D eigenvalue weighted by Gasteiger charge is 2.41. The second-order valence-corrected chi connectivity index (χ2v) is 9.57. The second kappa shape index (κ2) is 10.7. The van der Waals surface area contributed by atoms with E-state index in [9.17, 15) is 0 Å². The van der Waals surface area contributed by atoms with Crippen molar-refractivity contribution in [1.29, 1.82) is 0 Å². The van der Waals surface area contributed by atoms with Crippen molar-refractivity contribution >= 4 is 22.6 Å². The summed E-state index contributed by atoms with van der Waals surface area (Å²) in [5.74, 6) is 2.24. The highest BCUT2D eigenvalue weighted by atomic mass is 127. The Labute approximate surface area is 174 Å². The summed E-state index contributed by atoms with van der Waals surface area (Å²) in [4.78, 5) is 0. The fraction of sp³-hybridized carbons (Fsp3) is 0.652. The van der Waals surface area contributed by atoms with Gasteiger partial charge in [0.05, 0.1) is 12.1 Å². The van der Waals surface area contributed by atoms with Crippen LogP contribution in [0.25, 0.3) is 0 Å². The van der Waals surface area contributed by atoms with Crippen molar-refractivity contribution < 1.29 is 4.74 Å². The van der Waals surface area contributed by atoms with Crippen LogP contribution in [0.15, 0.2) is 39.7 Å². The SMILES string of the molecule is CCCCNC(C)(C(OCC(C)c1ccccc1)=C(C)I)C1CCCC1. The Bertz CT molecular complexity index is 561. The summed E-state index contributed by atoms with van der Waals surface area (Å²) in [5.41, 5.74) is 1.30. The molecule has 0 bridgehead atoms. The fourth-order valence-corrected chi connectivity index (χ4v) is 4.85. The van der Waals surface area contributed by atoms with E-state index in [1.54, 1.807) is 0 Å². The Morgan fingerprint density at radius 1 is 1.27 bits per heavy atom. The first-order valence-corrected chi connectivity index (χ1v) is 11.4. The Morgan fingerprint density at radius 2 is 1.92 bits per heavy atom. The van der Waals surface area contributed by atoms with Gasteiger partial charge >= 0.3 is 0 Å². The van der Waals surface area contributed by atoms with Crippen LogP contribution in [0.2, 0.25) is 0 Å². The number of unbranched alkanes of at least 4 members (excludes halogenated alkanes) is 1. The Morgan fingerprint density at radius 3 is 2.50 bits per heavy atom. The molecule has 1 aromatic rings. The lowest BCUT2D eigenvalue weighted by Gasteiger charge is -2.39. The maximum atomic E-state index is 6.54. The molecule has 0 amide bonds. The van der Waals surface area contributed by atoms with Gasteiger partial charge in [-0.3, -0.25) is 0 Å². The molecule has 1 fully saturated rings. The van der Waals surface area contributed by atoms with Gasteiger partial charge in [0.2, 0.25) is 0 Å². The molecule has 0 heterocycles. The zero-order valence-corrected chi connectivity index (χ0v) is 19.1. The molecule has 2 unspecified atom stereocenters. The van der Waals surface area contributed by atoms with Crippen molar-refractivity contribution in [2.45, 2.75) is 77.7 Å². The molecule has 0 radical (unpaired) electrons. The van der Waals surface area contributed by atoms with Gasteiger partial charge < -0.3 is 10.1 Å². The van der Waals surface area contributed by atoms with E-state index in [1.807, 2.05) is 0 Å². The summed E-state index contributed by atoms with van der Waals surface area (Å²) < 4.78 is 7.82. The van der Waals surface area contributed by atoms with E-state index in [4.69, 9.17) is 4.74 Å². The smallest absolute Gasteiger partial charge is 0.125 e. The molecule has 1 aliphatic rings. The van der Waals surface area contributed by atoms with Gasteiger partial charge in [0.1, 0.15) is 5.76 Å². The average Bonchev–Trinajstić information content (AvgIpc) is 3.18. The van der Waals surface area contributed by atoms with Crippen LogP contribution >= 0.6 is 22.6 Å². The zero-order chi connectivity index (χ0) is 19.0. The summed E-state index contributed by atoms with van der Waals surface area (Å²) in [5, 5.41) is 3.90. The molecule has 3 heteroatoms. The number of nitrogens with one attached hydrogen (secondary N) is 1. The van der Waals surface area contributed by atoms with E-state index in [0.717, 1.165) is 13.2 Å². The molecule has 2 nitrogen and oxygen atoms in total. The van der Waals surface area contributed by atoms with Gasteiger partial charge in [0, 0.05) is 9.50 Å². The number of hydrogen-bond donors (Lipinski definition) is 1. The number of hydrogen-bond acceptors (Lipinski definition) is 2. The molecule has 2 atom stereocenters. The molecular weight excluding hydrogens is 433 g/mol. The van der Waals surface area contributed by atoms with Crippen LogP contribution in [-0.2, 0) is 4.74 Å². The standard InChI is InChI=1S/C23H36INO/c1-5-6-16-25-23(4,21-14-10-11-15-21)22(19(3)24)26-17-18(2)20-12-8-7-9-13-20/h7-9,12-13,18,21,25H,5-6,10-11,14-17H2,1-4H3. The minimum Gasteiger partial charge on any atom is -0.495 e. The molecule has 1 saturated carbocycles. The van der Waals surface area contributed by atoms with Crippen LogP contribution < -0.4 is 5.32 Å². The molecular formula is C23H36INO. The molecule has 146 valence electrons. The van der Waals surface area contributed by atoms with Crippen LogP contribution in [0.1, 0.15) is 77.7 Å². The molecule has 0 aliphatic heterocycles. The summed E-state index contributed by atoms with van der Waals surface area (Å²) >= 11 is 2.45. The van der Waals surface area contributed by atoms with Crippen LogP contribution in [-0.4, -0.2) is 18.7 Å². The van der Waals surface area contributed by atoms with Crippen LogP contribution in [0.3, 0.4) is 0 Å². The predicted molar refractivity (Wildman–Crippen MR) is 121 cm³/mol. The van der Waals surface area contributed by atoms with Gasteiger partial charge in [-0.15, -0.1) is 0 Å². The quantitative estimate of drug-likeness (QED) is 0.231. The van der Waals surface area contributed by atoms with Gasteiger partial charge in [-0.25, -0.2) is 0 Å². The van der Waals surface area contributed by atoms with E-state index in [2.05, 4.69) is 85.9 Å². The van der Waals surface area contributed by atoms with Gasteiger partial charge in [0.25, 0.3) is 0 Å². The van der Waals surface area contributed by atoms with Crippen molar-refractivity contribution in [2.75, 3.05) is 13.2 Å². The molecule has 0 spiro atoms. The Hall–Kier alpha value is -0.550. The third-order valence-electron chi connectivity index (χ3n) is 5.83. The van der Waals surface area contributed by atoms with Gasteiger partial charge in [0.15, 0.2) is 0 Å². The monoisotopic (exact) mass is 469 g/mol. The lowest BCUT2D eigenvalue weighted by atomic mass is 9.82. The number of allylic oxidation sites excluding steroid dienone is 1. The molecule has 1 aliphatic carbocycles. The van der Waals surface area contributed by atoms with Gasteiger partial charge in [-0.05, 0) is 73.7 Å². The molecule has 0 aromatic heterocycles. The minimum absolute atomic E-state index is 0.0483. The van der Waals surface area contributed by atoms with Gasteiger partial charge in [-0.2, -0.15) is 0 Å². The topological polar surface area (TPSA) is 21.3 Å². The molecule has 26 heavy (non-hydrogen) atoms. The van der Waals surface area contributed by atoms with Crippen LogP contribution in [0, 0.1) is 5.92 Å². The van der Waals surface area contributed by atoms with Crippen molar-refractivity contribution in [3.05, 3.63) is 45.2 Å². The fourth-order valence-electron chi connectivity index (χ4n) is 4.13. The number of benzene rings is 1. The maximum absolute atomic E-state index is 6.54. The Balaban J connectivity index is 2.14. The van der Waals surface area contributed by atoms with E-state index in [0.29, 0.717) is 11.8 Å². The van der Waals surface area contributed by atoms with Crippen molar-refractivity contribution in [2.24, 2.45) is 5.92 Å². The lowest BCUT2D eigenvalue weighted by Crippen LogP contribution is -2.51. The number of halogens is 1. The highest BCUT2D eigenvalue weighted by Crippen LogP contribution is 2.41. The Kier molecular flexibility index (Phi) is 8.95. The zero-order valence-electron chi connectivity index (χ0n) is 17.0. The third-order valence-corrected chi connectivity index (χ3v) is 6.31. The largest absolute Gasteiger partial charge is 0.495 e. The first kappa shape index (κ1) is 21.7. The summed E-state index contributed by atoms with van der Waals surface area (Å²) in [6, 6.07) is 10.7. The van der Waals surface area contributed by atoms with Crippen molar-refractivity contribution in [3.8, 4) is 0 Å². The summed E-state index contributed by atoms with van der Waals surface area (Å²) in [7, 11) is 0.